The fourth-order valence-electron chi connectivity index (χ4n) is 1.35. The molecule has 0 saturated carbocycles. The van der Waals surface area contributed by atoms with Gasteiger partial charge in [0.15, 0.2) is 0 Å². The topological polar surface area (TPSA) is 62.1 Å². The van der Waals surface area contributed by atoms with Gasteiger partial charge < -0.3 is 10.1 Å². The van der Waals surface area contributed by atoms with E-state index in [-0.39, 0.29) is 5.92 Å². The third-order valence-corrected chi connectivity index (χ3v) is 2.38. The van der Waals surface area contributed by atoms with E-state index in [9.17, 15) is 10.1 Å². The summed E-state index contributed by atoms with van der Waals surface area (Å²) >= 11 is 0. The van der Waals surface area contributed by atoms with Crippen LogP contribution in [0.3, 0.4) is 0 Å². The summed E-state index contributed by atoms with van der Waals surface area (Å²) in [5.41, 5.74) is -1.53. The Bertz CT molecular complexity index is 323. The van der Waals surface area contributed by atoms with Gasteiger partial charge in [-0.1, -0.05) is 19.9 Å². The number of nitriles is 1. The highest BCUT2D eigenvalue weighted by atomic mass is 16.6. The molecule has 96 valence electrons. The molecule has 0 aromatic heterocycles. The Morgan fingerprint density at radius 1 is 1.53 bits per heavy atom. The van der Waals surface area contributed by atoms with Gasteiger partial charge in [0.05, 0.1) is 6.07 Å². The van der Waals surface area contributed by atoms with Crippen LogP contribution in [0.15, 0.2) is 12.7 Å². The molecule has 0 aliphatic heterocycles. The molecule has 4 nitrogen and oxygen atoms in total. The van der Waals surface area contributed by atoms with Crippen LogP contribution in [0.4, 0.5) is 4.79 Å². The number of hydrogen-bond acceptors (Lipinski definition) is 3. The highest BCUT2D eigenvalue weighted by Gasteiger charge is 2.35. The van der Waals surface area contributed by atoms with Crippen LogP contribution in [0, 0.1) is 17.2 Å². The zero-order valence-corrected chi connectivity index (χ0v) is 11.3. The average molecular weight is 238 g/mol. The second-order valence-corrected chi connectivity index (χ2v) is 5.36. The van der Waals surface area contributed by atoms with Crippen LogP contribution in [-0.2, 0) is 4.74 Å². The summed E-state index contributed by atoms with van der Waals surface area (Å²) in [5, 5.41) is 11.9. The second-order valence-electron chi connectivity index (χ2n) is 5.36. The number of carbonyl (C=O) groups is 1. The summed E-state index contributed by atoms with van der Waals surface area (Å²) < 4.78 is 5.16. The lowest BCUT2D eigenvalue weighted by Gasteiger charge is -2.31. The third kappa shape index (κ3) is 4.90. The summed E-state index contributed by atoms with van der Waals surface area (Å²) in [6, 6.07) is 2.15. The Balaban J connectivity index is 4.83. The standard InChI is InChI=1S/C13H22N2O2/c1-7-8-13(9-14,10(2)3)15-11(16)17-12(4,5)6/h7,10H,1,8H2,2-6H3,(H,15,16). The minimum Gasteiger partial charge on any atom is -0.444 e. The molecular weight excluding hydrogens is 216 g/mol. The normalized spacial score (nSPS) is 14.6. The zero-order valence-electron chi connectivity index (χ0n) is 11.3. The molecule has 1 N–H and O–H groups in total. The fraction of sp³-hybridized carbons (Fsp3) is 0.692. The molecular formula is C13H22N2O2. The highest BCUT2D eigenvalue weighted by molar-refractivity contribution is 5.69. The Kier molecular flexibility index (Phi) is 5.21. The Labute approximate surface area is 104 Å². The van der Waals surface area contributed by atoms with Gasteiger partial charge in [-0.3, -0.25) is 0 Å². The molecule has 0 aliphatic carbocycles. The molecule has 0 aromatic carbocycles. The van der Waals surface area contributed by atoms with Gasteiger partial charge >= 0.3 is 6.09 Å². The van der Waals surface area contributed by atoms with E-state index in [1.165, 1.54) is 0 Å². The van der Waals surface area contributed by atoms with Crippen molar-refractivity contribution in [2.24, 2.45) is 5.92 Å². The van der Waals surface area contributed by atoms with E-state index in [1.807, 2.05) is 13.8 Å². The molecule has 0 saturated heterocycles. The van der Waals surface area contributed by atoms with E-state index in [0.717, 1.165) is 0 Å². The zero-order chi connectivity index (χ0) is 13.7. The summed E-state index contributed by atoms with van der Waals surface area (Å²) in [6.07, 6.45) is 1.44. The average Bonchev–Trinajstić information content (AvgIpc) is 2.13. The van der Waals surface area contributed by atoms with Crippen molar-refractivity contribution in [1.82, 2.24) is 5.32 Å². The maximum absolute atomic E-state index is 11.7. The number of nitrogens with one attached hydrogen (secondary N) is 1. The first kappa shape index (κ1) is 15.5. The summed E-state index contributed by atoms with van der Waals surface area (Å²) in [7, 11) is 0. The molecule has 0 spiro atoms. The monoisotopic (exact) mass is 238 g/mol. The first-order chi connectivity index (χ1) is 7.67. The molecule has 0 radical (unpaired) electrons. The van der Waals surface area contributed by atoms with E-state index in [4.69, 9.17) is 4.74 Å². The third-order valence-electron chi connectivity index (χ3n) is 2.38. The molecule has 4 heteroatoms. The van der Waals surface area contributed by atoms with Crippen LogP contribution in [0.2, 0.25) is 0 Å². The van der Waals surface area contributed by atoms with Crippen molar-refractivity contribution in [3.63, 3.8) is 0 Å². The fourth-order valence-corrected chi connectivity index (χ4v) is 1.35. The molecule has 0 fully saturated rings. The SMILES string of the molecule is C=CCC(C#N)(NC(=O)OC(C)(C)C)C(C)C. The van der Waals surface area contributed by atoms with Crippen molar-refractivity contribution in [3.05, 3.63) is 12.7 Å². The van der Waals surface area contributed by atoms with Crippen molar-refractivity contribution < 1.29 is 9.53 Å². The molecule has 0 heterocycles. The minimum absolute atomic E-state index is 0.0296. The quantitative estimate of drug-likeness (QED) is 0.766. The number of alkyl carbamates (subject to hydrolysis) is 1. The van der Waals surface area contributed by atoms with Gasteiger partial charge in [0.2, 0.25) is 0 Å². The van der Waals surface area contributed by atoms with Gasteiger partial charge in [-0.25, -0.2) is 4.79 Å². The number of amides is 1. The first-order valence-corrected chi connectivity index (χ1v) is 5.70. The van der Waals surface area contributed by atoms with Crippen molar-refractivity contribution in [2.45, 2.75) is 52.2 Å². The lowest BCUT2D eigenvalue weighted by Crippen LogP contribution is -2.52. The smallest absolute Gasteiger partial charge is 0.408 e. The molecule has 17 heavy (non-hydrogen) atoms. The second kappa shape index (κ2) is 5.72. The Morgan fingerprint density at radius 3 is 2.35 bits per heavy atom. The lowest BCUT2D eigenvalue weighted by atomic mass is 9.85. The lowest BCUT2D eigenvalue weighted by molar-refractivity contribution is 0.0458. The van der Waals surface area contributed by atoms with E-state index in [2.05, 4.69) is 18.0 Å². The molecule has 1 unspecified atom stereocenters. The van der Waals surface area contributed by atoms with Crippen molar-refractivity contribution in [2.75, 3.05) is 0 Å². The number of carbonyl (C=O) groups excluding carboxylic acids is 1. The maximum Gasteiger partial charge on any atom is 0.408 e. The number of ether oxygens (including phenoxy) is 1. The molecule has 1 amide bonds. The molecule has 1 atom stereocenters. The van der Waals surface area contributed by atoms with Gasteiger partial charge in [-0.15, -0.1) is 6.58 Å². The van der Waals surface area contributed by atoms with Crippen LogP contribution in [0.25, 0.3) is 0 Å². The largest absolute Gasteiger partial charge is 0.444 e. The van der Waals surface area contributed by atoms with E-state index in [0.29, 0.717) is 6.42 Å². The van der Waals surface area contributed by atoms with Crippen LogP contribution >= 0.6 is 0 Å². The van der Waals surface area contributed by atoms with Crippen LogP contribution in [0.1, 0.15) is 41.0 Å². The number of rotatable bonds is 4. The van der Waals surface area contributed by atoms with E-state index < -0.39 is 17.2 Å². The number of hydrogen-bond donors (Lipinski definition) is 1. The van der Waals surface area contributed by atoms with Gasteiger partial charge in [-0.2, -0.15) is 5.26 Å². The maximum atomic E-state index is 11.7. The van der Waals surface area contributed by atoms with Crippen molar-refractivity contribution >= 4 is 6.09 Å². The highest BCUT2D eigenvalue weighted by Crippen LogP contribution is 2.22. The van der Waals surface area contributed by atoms with Crippen LogP contribution in [-0.4, -0.2) is 17.2 Å². The minimum atomic E-state index is -0.954. The predicted octanol–water partition coefficient (Wildman–Crippen LogP) is 3.01. The Morgan fingerprint density at radius 2 is 2.06 bits per heavy atom. The number of nitrogens with zero attached hydrogens (tertiary/aromatic N) is 1. The Hall–Kier alpha value is -1.50. The van der Waals surface area contributed by atoms with Crippen LogP contribution < -0.4 is 5.32 Å². The van der Waals surface area contributed by atoms with Crippen molar-refractivity contribution in [3.8, 4) is 6.07 Å². The van der Waals surface area contributed by atoms with Crippen LogP contribution in [0.5, 0.6) is 0 Å². The van der Waals surface area contributed by atoms with Gasteiger partial charge in [0, 0.05) is 6.42 Å². The van der Waals surface area contributed by atoms with E-state index in [1.54, 1.807) is 26.8 Å². The van der Waals surface area contributed by atoms with Gasteiger partial charge in [0.25, 0.3) is 0 Å². The molecule has 0 aliphatic rings. The van der Waals surface area contributed by atoms with Gasteiger partial charge in [0.1, 0.15) is 11.1 Å². The summed E-state index contributed by atoms with van der Waals surface area (Å²) in [6.45, 7) is 12.7. The van der Waals surface area contributed by atoms with Crippen molar-refractivity contribution in [1.29, 1.82) is 5.26 Å². The van der Waals surface area contributed by atoms with E-state index >= 15 is 0 Å². The summed E-state index contributed by atoms with van der Waals surface area (Å²) in [4.78, 5) is 11.7. The first-order valence-electron chi connectivity index (χ1n) is 5.70. The molecule has 0 bridgehead atoms. The molecule has 0 rings (SSSR count). The summed E-state index contributed by atoms with van der Waals surface area (Å²) in [5.74, 6) is -0.0296. The van der Waals surface area contributed by atoms with Gasteiger partial charge in [-0.05, 0) is 26.7 Å². The predicted molar refractivity (Wildman–Crippen MR) is 67.4 cm³/mol. The molecule has 0 aromatic rings.